The Labute approximate surface area is 139 Å². The van der Waals surface area contributed by atoms with E-state index >= 15 is 0 Å². The van der Waals surface area contributed by atoms with Crippen molar-refractivity contribution in [3.8, 4) is 17.1 Å². The Kier molecular flexibility index (Phi) is 4.74. The molecule has 0 spiro atoms. The molecular weight excluding hydrogens is 310 g/mol. The molecule has 1 aromatic heterocycles. The van der Waals surface area contributed by atoms with Gasteiger partial charge in [0.2, 0.25) is 0 Å². The number of benzene rings is 2. The van der Waals surface area contributed by atoms with Crippen LogP contribution in [0.3, 0.4) is 0 Å². The van der Waals surface area contributed by atoms with Crippen LogP contribution in [-0.4, -0.2) is 23.3 Å². The van der Waals surface area contributed by atoms with Crippen LogP contribution in [0.15, 0.2) is 59.6 Å². The first kappa shape index (κ1) is 15.3. The zero-order valence-corrected chi connectivity index (χ0v) is 13.4. The molecule has 0 radical (unpaired) electrons. The van der Waals surface area contributed by atoms with Gasteiger partial charge < -0.3 is 9.72 Å². The summed E-state index contributed by atoms with van der Waals surface area (Å²) in [6, 6.07) is 17.6. The number of aromatic nitrogens is 2. The summed E-state index contributed by atoms with van der Waals surface area (Å²) in [7, 11) is 1.65. The van der Waals surface area contributed by atoms with E-state index in [2.05, 4.69) is 15.0 Å². The molecule has 4 nitrogen and oxygen atoms in total. The maximum Gasteiger partial charge on any atom is 0.139 e. The molecule has 0 amide bonds. The normalized spacial score (nSPS) is 11.0. The number of ether oxygens (including phenoxy) is 1. The number of H-pyrrole nitrogens is 1. The van der Waals surface area contributed by atoms with E-state index < -0.39 is 0 Å². The Morgan fingerprint density at radius 1 is 1.13 bits per heavy atom. The number of methoxy groups -OCH3 is 1. The average molecular weight is 326 g/mol. The topological polar surface area (TPSA) is 50.3 Å². The molecule has 0 aliphatic rings. The largest absolute Gasteiger partial charge is 0.497 e. The van der Waals surface area contributed by atoms with Crippen LogP contribution < -0.4 is 4.74 Å². The van der Waals surface area contributed by atoms with Crippen LogP contribution in [0.4, 0.5) is 0 Å². The fourth-order valence-corrected chi connectivity index (χ4v) is 2.33. The van der Waals surface area contributed by atoms with Crippen molar-refractivity contribution in [3.05, 3.63) is 71.0 Å². The SMILES string of the molecule is COc1ccc(CN=Cc2nc(-c3ccccc3)[nH]c2Cl)cc1. The maximum atomic E-state index is 6.19. The minimum absolute atomic E-state index is 0.488. The van der Waals surface area contributed by atoms with Crippen LogP contribution >= 0.6 is 11.6 Å². The zero-order chi connectivity index (χ0) is 16.1. The predicted octanol–water partition coefficient (Wildman–Crippen LogP) is 4.36. The lowest BCUT2D eigenvalue weighted by Crippen LogP contribution is -1.87. The Bertz CT molecular complexity index is 795. The fraction of sp³-hybridized carbons (Fsp3) is 0.111. The summed E-state index contributed by atoms with van der Waals surface area (Å²) in [5.74, 6) is 1.57. The van der Waals surface area contributed by atoms with Crippen molar-refractivity contribution in [3.63, 3.8) is 0 Å². The van der Waals surface area contributed by atoms with Crippen LogP contribution in [0.25, 0.3) is 11.4 Å². The summed E-state index contributed by atoms with van der Waals surface area (Å²) < 4.78 is 5.13. The van der Waals surface area contributed by atoms with Crippen molar-refractivity contribution in [2.24, 2.45) is 4.99 Å². The third kappa shape index (κ3) is 3.79. The number of aliphatic imine (C=N–C) groups is 1. The van der Waals surface area contributed by atoms with Gasteiger partial charge in [-0.25, -0.2) is 4.98 Å². The van der Waals surface area contributed by atoms with E-state index in [4.69, 9.17) is 16.3 Å². The molecule has 23 heavy (non-hydrogen) atoms. The van der Waals surface area contributed by atoms with Crippen LogP contribution in [0, 0.1) is 0 Å². The van der Waals surface area contributed by atoms with Crippen molar-refractivity contribution in [2.75, 3.05) is 7.11 Å². The second-order valence-corrected chi connectivity index (χ2v) is 5.35. The number of nitrogens with one attached hydrogen (secondary N) is 1. The quantitative estimate of drug-likeness (QED) is 0.709. The Morgan fingerprint density at radius 2 is 1.87 bits per heavy atom. The van der Waals surface area contributed by atoms with Gasteiger partial charge in [0.05, 0.1) is 19.9 Å². The molecule has 0 saturated heterocycles. The minimum Gasteiger partial charge on any atom is -0.497 e. The molecule has 1 heterocycles. The number of aromatic amines is 1. The highest BCUT2D eigenvalue weighted by molar-refractivity contribution is 6.31. The van der Waals surface area contributed by atoms with E-state index in [9.17, 15) is 0 Å². The van der Waals surface area contributed by atoms with Gasteiger partial charge in [-0.2, -0.15) is 0 Å². The van der Waals surface area contributed by atoms with E-state index in [1.165, 1.54) is 0 Å². The molecule has 0 unspecified atom stereocenters. The Balaban J connectivity index is 1.71. The van der Waals surface area contributed by atoms with Gasteiger partial charge in [-0.1, -0.05) is 54.1 Å². The van der Waals surface area contributed by atoms with Crippen LogP contribution in [-0.2, 0) is 6.54 Å². The van der Waals surface area contributed by atoms with Crippen molar-refractivity contribution in [1.29, 1.82) is 0 Å². The summed E-state index contributed by atoms with van der Waals surface area (Å²) in [6.45, 7) is 0.563. The van der Waals surface area contributed by atoms with Gasteiger partial charge in [-0.3, -0.25) is 4.99 Å². The lowest BCUT2D eigenvalue weighted by Gasteiger charge is -2.00. The number of imidazole rings is 1. The molecule has 0 atom stereocenters. The number of nitrogens with zero attached hydrogens (tertiary/aromatic N) is 2. The van der Waals surface area contributed by atoms with Crippen molar-refractivity contribution < 1.29 is 4.74 Å². The molecule has 5 heteroatoms. The van der Waals surface area contributed by atoms with Crippen LogP contribution in [0.5, 0.6) is 5.75 Å². The van der Waals surface area contributed by atoms with E-state index in [1.807, 2.05) is 54.6 Å². The first-order chi connectivity index (χ1) is 11.3. The Hall–Kier alpha value is -2.59. The van der Waals surface area contributed by atoms with Gasteiger partial charge in [0.1, 0.15) is 22.4 Å². The molecule has 0 saturated carbocycles. The summed E-state index contributed by atoms with van der Waals surface area (Å²) in [5.41, 5.74) is 2.72. The summed E-state index contributed by atoms with van der Waals surface area (Å²) >= 11 is 6.19. The van der Waals surface area contributed by atoms with Gasteiger partial charge in [0, 0.05) is 5.56 Å². The van der Waals surface area contributed by atoms with Gasteiger partial charge in [-0.15, -0.1) is 0 Å². The van der Waals surface area contributed by atoms with Gasteiger partial charge in [-0.05, 0) is 17.7 Å². The predicted molar refractivity (Wildman–Crippen MR) is 93.3 cm³/mol. The smallest absolute Gasteiger partial charge is 0.139 e. The molecule has 0 fully saturated rings. The third-order valence-electron chi connectivity index (χ3n) is 3.38. The second-order valence-electron chi connectivity index (χ2n) is 4.97. The minimum atomic E-state index is 0.488. The Morgan fingerprint density at radius 3 is 2.57 bits per heavy atom. The maximum absolute atomic E-state index is 6.19. The number of hydrogen-bond donors (Lipinski definition) is 1. The molecule has 116 valence electrons. The van der Waals surface area contributed by atoms with Gasteiger partial charge >= 0.3 is 0 Å². The van der Waals surface area contributed by atoms with Crippen molar-refractivity contribution >= 4 is 17.8 Å². The summed E-state index contributed by atoms with van der Waals surface area (Å²) in [4.78, 5) is 12.0. The average Bonchev–Trinajstić information content (AvgIpc) is 2.97. The summed E-state index contributed by atoms with van der Waals surface area (Å²) in [6.07, 6.45) is 1.69. The highest BCUT2D eigenvalue weighted by Gasteiger charge is 2.07. The fourth-order valence-electron chi connectivity index (χ4n) is 2.15. The standard InChI is InChI=1S/C18H16ClN3O/c1-23-15-9-7-13(8-10-15)11-20-12-16-17(19)22-18(21-16)14-5-3-2-4-6-14/h2-10,12H,11H2,1H3,(H,21,22). The lowest BCUT2D eigenvalue weighted by molar-refractivity contribution is 0.414. The highest BCUT2D eigenvalue weighted by atomic mass is 35.5. The van der Waals surface area contributed by atoms with E-state index in [1.54, 1.807) is 13.3 Å². The summed E-state index contributed by atoms with van der Waals surface area (Å²) in [5, 5.41) is 0.488. The number of halogens is 1. The highest BCUT2D eigenvalue weighted by Crippen LogP contribution is 2.20. The molecule has 3 aromatic rings. The molecule has 1 N–H and O–H groups in total. The molecule has 0 aliphatic heterocycles. The molecular formula is C18H16ClN3O. The van der Waals surface area contributed by atoms with Crippen LogP contribution in [0.1, 0.15) is 11.3 Å². The number of hydrogen-bond acceptors (Lipinski definition) is 3. The van der Waals surface area contributed by atoms with Crippen LogP contribution in [0.2, 0.25) is 5.15 Å². The third-order valence-corrected chi connectivity index (χ3v) is 3.67. The molecule has 0 aliphatic carbocycles. The number of rotatable bonds is 5. The second kappa shape index (κ2) is 7.11. The molecule has 0 bridgehead atoms. The molecule has 2 aromatic carbocycles. The monoisotopic (exact) mass is 325 g/mol. The van der Waals surface area contributed by atoms with Crippen molar-refractivity contribution in [2.45, 2.75) is 6.54 Å². The first-order valence-electron chi connectivity index (χ1n) is 7.20. The van der Waals surface area contributed by atoms with Gasteiger partial charge in [0.15, 0.2) is 0 Å². The molecule has 3 rings (SSSR count). The zero-order valence-electron chi connectivity index (χ0n) is 12.7. The van der Waals surface area contributed by atoms with Gasteiger partial charge in [0.25, 0.3) is 0 Å². The van der Waals surface area contributed by atoms with E-state index in [-0.39, 0.29) is 0 Å². The van der Waals surface area contributed by atoms with E-state index in [0.717, 1.165) is 22.7 Å². The lowest BCUT2D eigenvalue weighted by atomic mass is 10.2. The van der Waals surface area contributed by atoms with E-state index in [0.29, 0.717) is 17.4 Å². The van der Waals surface area contributed by atoms with Crippen molar-refractivity contribution in [1.82, 2.24) is 9.97 Å². The first-order valence-corrected chi connectivity index (χ1v) is 7.58.